The molecule has 0 saturated heterocycles. The van der Waals surface area contributed by atoms with E-state index in [1.807, 2.05) is 0 Å². The summed E-state index contributed by atoms with van der Waals surface area (Å²) in [5, 5.41) is 9.11. The maximum atomic E-state index is 12.9. The first-order valence-electron chi connectivity index (χ1n) is 4.33. The summed E-state index contributed by atoms with van der Waals surface area (Å²) in [6.45, 7) is -0.258. The first kappa shape index (κ1) is 10.4. The van der Waals surface area contributed by atoms with Crippen LogP contribution in [0.3, 0.4) is 0 Å². The molecule has 0 radical (unpaired) electrons. The number of hydrogen-bond acceptors (Lipinski definition) is 3. The Balaban J connectivity index is 2.64. The topological polar surface area (TPSA) is 63.5 Å². The van der Waals surface area contributed by atoms with Crippen molar-refractivity contribution in [3.05, 3.63) is 35.0 Å². The summed E-state index contributed by atoms with van der Waals surface area (Å²) in [5.41, 5.74) is 6.46. The maximum absolute atomic E-state index is 12.9. The zero-order valence-electron chi connectivity index (χ0n) is 7.69. The molecule has 0 aliphatic rings. The van der Waals surface area contributed by atoms with Crippen molar-refractivity contribution in [3.63, 3.8) is 0 Å². The highest BCUT2D eigenvalue weighted by Crippen LogP contribution is 2.22. The van der Waals surface area contributed by atoms with Gasteiger partial charge in [0.1, 0.15) is 16.6 Å². The van der Waals surface area contributed by atoms with E-state index in [0.717, 1.165) is 0 Å². The maximum Gasteiger partial charge on any atom is 0.139 e. The predicted octanol–water partition coefficient (Wildman–Crippen LogP) is 1.12. The molecule has 2 rings (SSSR count). The Morgan fingerprint density at radius 3 is 3.00 bits per heavy atom. The van der Waals surface area contributed by atoms with E-state index in [9.17, 15) is 4.39 Å². The minimum absolute atomic E-state index is 0.228. The lowest BCUT2D eigenvalue weighted by atomic mass is 10.2. The number of aromatic nitrogens is 2. The minimum atomic E-state index is -0.652. The third-order valence-corrected chi connectivity index (χ3v) is 2.47. The van der Waals surface area contributed by atoms with Gasteiger partial charge in [0.05, 0.1) is 18.3 Å². The molecule has 15 heavy (non-hydrogen) atoms. The molecule has 0 saturated carbocycles. The Kier molecular flexibility index (Phi) is 2.60. The second-order valence-corrected chi connectivity index (χ2v) is 3.51. The number of pyridine rings is 1. The predicted molar refractivity (Wildman–Crippen MR) is 54.2 cm³/mol. The van der Waals surface area contributed by atoms with Gasteiger partial charge in [-0.1, -0.05) is 11.6 Å². The van der Waals surface area contributed by atoms with Crippen LogP contribution in [-0.2, 0) is 0 Å². The lowest BCUT2D eigenvalue weighted by Gasteiger charge is -2.03. The van der Waals surface area contributed by atoms with Crippen LogP contribution in [0.25, 0.3) is 5.65 Å². The molecule has 6 heteroatoms. The van der Waals surface area contributed by atoms with Gasteiger partial charge in [-0.3, -0.25) is 4.40 Å². The molecule has 0 spiro atoms. The monoisotopic (exact) mass is 229 g/mol. The number of halogens is 2. The average molecular weight is 230 g/mol. The Labute approximate surface area is 90.1 Å². The van der Waals surface area contributed by atoms with Crippen molar-refractivity contribution >= 4 is 17.2 Å². The zero-order valence-corrected chi connectivity index (χ0v) is 8.45. The summed E-state index contributed by atoms with van der Waals surface area (Å²) < 4.78 is 14.3. The summed E-state index contributed by atoms with van der Waals surface area (Å²) in [5.74, 6) is -0.411. The first-order chi connectivity index (χ1) is 7.13. The third kappa shape index (κ3) is 1.69. The van der Waals surface area contributed by atoms with Gasteiger partial charge in [0, 0.05) is 6.20 Å². The van der Waals surface area contributed by atoms with E-state index >= 15 is 0 Å². The van der Waals surface area contributed by atoms with Crippen LogP contribution in [0, 0.1) is 5.82 Å². The van der Waals surface area contributed by atoms with Crippen LogP contribution in [-0.4, -0.2) is 21.1 Å². The van der Waals surface area contributed by atoms with E-state index in [4.69, 9.17) is 22.4 Å². The Hall–Kier alpha value is -1.17. The van der Waals surface area contributed by atoms with Crippen molar-refractivity contribution in [3.8, 4) is 0 Å². The quantitative estimate of drug-likeness (QED) is 0.811. The Morgan fingerprint density at radius 2 is 2.33 bits per heavy atom. The molecule has 0 fully saturated rings. The van der Waals surface area contributed by atoms with E-state index in [1.165, 1.54) is 22.7 Å². The Morgan fingerprint density at radius 1 is 1.60 bits per heavy atom. The SMILES string of the molecule is NC(CO)c1nc2ccc(F)cn2c1Cl. The standard InChI is InChI=1S/C9H9ClFN3O/c10-9-8(6(12)4-15)13-7-2-1-5(11)3-14(7)9/h1-3,6,15H,4,12H2. The number of nitrogens with zero attached hydrogens (tertiary/aromatic N) is 2. The van der Waals surface area contributed by atoms with Gasteiger partial charge in [0.15, 0.2) is 0 Å². The van der Waals surface area contributed by atoms with Crippen molar-refractivity contribution in [1.29, 1.82) is 0 Å². The fourth-order valence-corrected chi connectivity index (χ4v) is 1.65. The second kappa shape index (κ2) is 3.77. The number of aliphatic hydroxyl groups is 1. The molecule has 2 heterocycles. The van der Waals surface area contributed by atoms with Crippen molar-refractivity contribution in [2.45, 2.75) is 6.04 Å². The molecule has 80 valence electrons. The molecule has 2 aromatic rings. The molecular formula is C9H9ClFN3O. The molecule has 2 aromatic heterocycles. The van der Waals surface area contributed by atoms with Crippen molar-refractivity contribution in [1.82, 2.24) is 9.38 Å². The van der Waals surface area contributed by atoms with Gasteiger partial charge in [-0.15, -0.1) is 0 Å². The van der Waals surface area contributed by atoms with E-state index in [1.54, 1.807) is 0 Å². The normalized spacial score (nSPS) is 13.3. The van der Waals surface area contributed by atoms with Crippen LogP contribution >= 0.6 is 11.6 Å². The van der Waals surface area contributed by atoms with Crippen molar-refractivity contribution in [2.24, 2.45) is 5.73 Å². The molecular weight excluding hydrogens is 221 g/mol. The Bertz CT molecular complexity index is 499. The molecule has 1 unspecified atom stereocenters. The van der Waals surface area contributed by atoms with Crippen molar-refractivity contribution in [2.75, 3.05) is 6.61 Å². The van der Waals surface area contributed by atoms with Gasteiger partial charge in [-0.25, -0.2) is 9.37 Å². The lowest BCUT2D eigenvalue weighted by molar-refractivity contribution is 0.266. The first-order valence-corrected chi connectivity index (χ1v) is 4.70. The molecule has 1 atom stereocenters. The number of aliphatic hydroxyl groups excluding tert-OH is 1. The van der Waals surface area contributed by atoms with Crippen LogP contribution in [0.5, 0.6) is 0 Å². The lowest BCUT2D eigenvalue weighted by Crippen LogP contribution is -2.15. The molecule has 3 N–H and O–H groups in total. The number of imidazole rings is 1. The summed E-state index contributed by atoms with van der Waals surface area (Å²) >= 11 is 5.95. The van der Waals surface area contributed by atoms with Crippen LogP contribution in [0.15, 0.2) is 18.3 Å². The summed E-state index contributed by atoms with van der Waals surface area (Å²) in [6.07, 6.45) is 1.22. The number of fused-ring (bicyclic) bond motifs is 1. The number of hydrogen-bond donors (Lipinski definition) is 2. The van der Waals surface area contributed by atoms with Gasteiger partial charge >= 0.3 is 0 Å². The van der Waals surface area contributed by atoms with E-state index in [2.05, 4.69) is 4.98 Å². The molecule has 0 amide bonds. The van der Waals surface area contributed by atoms with E-state index in [-0.39, 0.29) is 11.8 Å². The average Bonchev–Trinajstić information content (AvgIpc) is 2.55. The number of nitrogens with two attached hydrogens (primary N) is 1. The summed E-state index contributed by atoms with van der Waals surface area (Å²) in [4.78, 5) is 4.10. The second-order valence-electron chi connectivity index (χ2n) is 3.15. The number of rotatable bonds is 2. The summed E-state index contributed by atoms with van der Waals surface area (Å²) in [7, 11) is 0. The van der Waals surface area contributed by atoms with Crippen LogP contribution < -0.4 is 5.73 Å². The van der Waals surface area contributed by atoms with Crippen LogP contribution in [0.4, 0.5) is 4.39 Å². The van der Waals surface area contributed by atoms with Gasteiger partial charge in [-0.05, 0) is 12.1 Å². The largest absolute Gasteiger partial charge is 0.394 e. The van der Waals surface area contributed by atoms with Gasteiger partial charge in [-0.2, -0.15) is 0 Å². The highest BCUT2D eigenvalue weighted by atomic mass is 35.5. The fraction of sp³-hybridized carbons (Fsp3) is 0.222. The smallest absolute Gasteiger partial charge is 0.139 e. The van der Waals surface area contributed by atoms with Gasteiger partial charge in [0.25, 0.3) is 0 Å². The van der Waals surface area contributed by atoms with E-state index in [0.29, 0.717) is 11.3 Å². The van der Waals surface area contributed by atoms with E-state index < -0.39 is 11.9 Å². The fourth-order valence-electron chi connectivity index (χ4n) is 1.33. The van der Waals surface area contributed by atoms with Gasteiger partial charge in [0.2, 0.25) is 0 Å². The van der Waals surface area contributed by atoms with Crippen molar-refractivity contribution < 1.29 is 9.50 Å². The summed E-state index contributed by atoms with van der Waals surface area (Å²) in [6, 6.07) is 2.13. The molecule has 0 aromatic carbocycles. The molecule has 0 aliphatic carbocycles. The third-order valence-electron chi connectivity index (χ3n) is 2.10. The zero-order chi connectivity index (χ0) is 11.0. The molecule has 0 aliphatic heterocycles. The van der Waals surface area contributed by atoms with Gasteiger partial charge < -0.3 is 10.8 Å². The molecule has 4 nitrogen and oxygen atoms in total. The molecule has 0 bridgehead atoms. The minimum Gasteiger partial charge on any atom is -0.394 e. The van der Waals surface area contributed by atoms with Crippen LogP contribution in [0.2, 0.25) is 5.15 Å². The highest BCUT2D eigenvalue weighted by molar-refractivity contribution is 6.30. The van der Waals surface area contributed by atoms with Crippen LogP contribution in [0.1, 0.15) is 11.7 Å². The highest BCUT2D eigenvalue weighted by Gasteiger charge is 2.16.